The SMILES string of the molecule is COC1C(O)CC1OCc1ccccc1. The average Bonchev–Trinajstić information content (AvgIpc) is 2.26. The lowest BCUT2D eigenvalue weighted by Crippen LogP contribution is -2.53. The van der Waals surface area contributed by atoms with Crippen LogP contribution in [0.25, 0.3) is 0 Å². The molecule has 82 valence electrons. The molecule has 1 aromatic carbocycles. The fraction of sp³-hybridized carbons (Fsp3) is 0.500. The lowest BCUT2D eigenvalue weighted by molar-refractivity contribution is -0.185. The van der Waals surface area contributed by atoms with Crippen molar-refractivity contribution in [3.63, 3.8) is 0 Å². The van der Waals surface area contributed by atoms with Gasteiger partial charge in [0.1, 0.15) is 6.10 Å². The Morgan fingerprint density at radius 3 is 2.67 bits per heavy atom. The number of benzene rings is 1. The Bertz CT molecular complexity index is 299. The first-order valence-electron chi connectivity index (χ1n) is 5.17. The molecule has 1 aliphatic carbocycles. The topological polar surface area (TPSA) is 38.7 Å². The predicted octanol–water partition coefficient (Wildman–Crippen LogP) is 1.35. The second kappa shape index (κ2) is 4.75. The number of rotatable bonds is 4. The normalized spacial score (nSPS) is 29.9. The van der Waals surface area contributed by atoms with E-state index in [1.807, 2.05) is 30.3 Å². The van der Waals surface area contributed by atoms with Gasteiger partial charge in [-0.3, -0.25) is 0 Å². The minimum Gasteiger partial charge on any atom is -0.390 e. The van der Waals surface area contributed by atoms with Crippen LogP contribution in [0.3, 0.4) is 0 Å². The van der Waals surface area contributed by atoms with Gasteiger partial charge in [-0.2, -0.15) is 0 Å². The molecule has 0 aromatic heterocycles. The highest BCUT2D eigenvalue weighted by molar-refractivity contribution is 5.13. The third kappa shape index (κ3) is 2.37. The molecule has 0 bridgehead atoms. The van der Waals surface area contributed by atoms with Crippen molar-refractivity contribution in [1.82, 2.24) is 0 Å². The maximum absolute atomic E-state index is 9.37. The van der Waals surface area contributed by atoms with E-state index in [9.17, 15) is 5.11 Å². The zero-order chi connectivity index (χ0) is 10.7. The van der Waals surface area contributed by atoms with Gasteiger partial charge < -0.3 is 14.6 Å². The zero-order valence-electron chi connectivity index (χ0n) is 8.80. The second-order valence-electron chi connectivity index (χ2n) is 3.84. The lowest BCUT2D eigenvalue weighted by Gasteiger charge is -2.39. The Morgan fingerprint density at radius 2 is 2.07 bits per heavy atom. The second-order valence-corrected chi connectivity index (χ2v) is 3.84. The van der Waals surface area contributed by atoms with Crippen molar-refractivity contribution in [3.05, 3.63) is 35.9 Å². The van der Waals surface area contributed by atoms with Crippen molar-refractivity contribution >= 4 is 0 Å². The number of aliphatic hydroxyl groups is 1. The van der Waals surface area contributed by atoms with Gasteiger partial charge in [-0.15, -0.1) is 0 Å². The van der Waals surface area contributed by atoms with Crippen LogP contribution in [0.2, 0.25) is 0 Å². The first-order chi connectivity index (χ1) is 7.31. The van der Waals surface area contributed by atoms with Crippen molar-refractivity contribution in [2.24, 2.45) is 0 Å². The van der Waals surface area contributed by atoms with Crippen molar-refractivity contribution in [2.75, 3.05) is 7.11 Å². The zero-order valence-corrected chi connectivity index (χ0v) is 8.80. The first-order valence-corrected chi connectivity index (χ1v) is 5.17. The van der Waals surface area contributed by atoms with Crippen molar-refractivity contribution in [1.29, 1.82) is 0 Å². The number of hydrogen-bond acceptors (Lipinski definition) is 3. The van der Waals surface area contributed by atoms with Crippen molar-refractivity contribution < 1.29 is 14.6 Å². The molecule has 0 spiro atoms. The molecular formula is C12H16O3. The van der Waals surface area contributed by atoms with Crippen LogP contribution in [0, 0.1) is 0 Å². The summed E-state index contributed by atoms with van der Waals surface area (Å²) in [4.78, 5) is 0. The molecule has 15 heavy (non-hydrogen) atoms. The Kier molecular flexibility index (Phi) is 3.36. The molecule has 0 aliphatic heterocycles. The van der Waals surface area contributed by atoms with E-state index in [2.05, 4.69) is 0 Å². The fourth-order valence-corrected chi connectivity index (χ4v) is 1.81. The van der Waals surface area contributed by atoms with Crippen LogP contribution in [0.1, 0.15) is 12.0 Å². The Hall–Kier alpha value is -0.900. The summed E-state index contributed by atoms with van der Waals surface area (Å²) >= 11 is 0. The monoisotopic (exact) mass is 208 g/mol. The lowest BCUT2D eigenvalue weighted by atomic mass is 9.88. The van der Waals surface area contributed by atoms with E-state index in [1.54, 1.807) is 7.11 Å². The van der Waals surface area contributed by atoms with Gasteiger partial charge >= 0.3 is 0 Å². The number of aliphatic hydroxyl groups excluding tert-OH is 1. The minimum atomic E-state index is -0.365. The highest BCUT2D eigenvalue weighted by Crippen LogP contribution is 2.27. The fourth-order valence-electron chi connectivity index (χ4n) is 1.81. The summed E-state index contributed by atoms with van der Waals surface area (Å²) in [6.07, 6.45) is 0.181. The van der Waals surface area contributed by atoms with E-state index in [0.717, 1.165) is 5.56 Å². The average molecular weight is 208 g/mol. The molecule has 3 atom stereocenters. The quantitative estimate of drug-likeness (QED) is 0.811. The molecule has 3 heteroatoms. The smallest absolute Gasteiger partial charge is 0.109 e. The van der Waals surface area contributed by atoms with Gasteiger partial charge in [-0.1, -0.05) is 30.3 Å². The van der Waals surface area contributed by atoms with Gasteiger partial charge in [0.2, 0.25) is 0 Å². The summed E-state index contributed by atoms with van der Waals surface area (Å²) in [7, 11) is 1.60. The van der Waals surface area contributed by atoms with Crippen LogP contribution in [0.4, 0.5) is 0 Å². The molecule has 2 rings (SSSR count). The van der Waals surface area contributed by atoms with Crippen LogP contribution in [-0.2, 0) is 16.1 Å². The molecule has 1 N–H and O–H groups in total. The third-order valence-corrected chi connectivity index (χ3v) is 2.80. The number of hydrogen-bond donors (Lipinski definition) is 1. The number of methoxy groups -OCH3 is 1. The molecule has 0 heterocycles. The molecule has 0 saturated heterocycles. The van der Waals surface area contributed by atoms with E-state index in [1.165, 1.54) is 0 Å². The van der Waals surface area contributed by atoms with Gasteiger partial charge in [0.25, 0.3) is 0 Å². The van der Waals surface area contributed by atoms with Crippen LogP contribution >= 0.6 is 0 Å². The van der Waals surface area contributed by atoms with Gasteiger partial charge in [0.15, 0.2) is 0 Å². The Labute approximate surface area is 89.6 Å². The molecule has 0 amide bonds. The molecule has 3 unspecified atom stereocenters. The van der Waals surface area contributed by atoms with Gasteiger partial charge in [0.05, 0.1) is 18.8 Å². The van der Waals surface area contributed by atoms with Gasteiger partial charge in [0, 0.05) is 13.5 Å². The van der Waals surface area contributed by atoms with E-state index < -0.39 is 0 Å². The van der Waals surface area contributed by atoms with Gasteiger partial charge in [-0.05, 0) is 5.56 Å². The Morgan fingerprint density at radius 1 is 1.33 bits per heavy atom. The molecule has 1 aliphatic rings. The largest absolute Gasteiger partial charge is 0.390 e. The summed E-state index contributed by atoms with van der Waals surface area (Å²) in [6.45, 7) is 0.581. The Balaban J connectivity index is 1.80. The summed E-state index contributed by atoms with van der Waals surface area (Å²) < 4.78 is 10.8. The molecular weight excluding hydrogens is 192 g/mol. The maximum Gasteiger partial charge on any atom is 0.109 e. The van der Waals surface area contributed by atoms with Crippen LogP contribution in [-0.4, -0.2) is 30.5 Å². The van der Waals surface area contributed by atoms with Crippen LogP contribution in [0.5, 0.6) is 0 Å². The van der Waals surface area contributed by atoms with Crippen molar-refractivity contribution in [3.8, 4) is 0 Å². The highest BCUT2D eigenvalue weighted by atomic mass is 16.5. The van der Waals surface area contributed by atoms with E-state index in [-0.39, 0.29) is 18.3 Å². The molecule has 1 fully saturated rings. The summed E-state index contributed by atoms with van der Waals surface area (Å²) in [5, 5.41) is 9.37. The van der Waals surface area contributed by atoms with E-state index in [4.69, 9.17) is 9.47 Å². The molecule has 1 saturated carbocycles. The molecule has 3 nitrogen and oxygen atoms in total. The molecule has 0 radical (unpaired) electrons. The highest BCUT2D eigenvalue weighted by Gasteiger charge is 2.41. The van der Waals surface area contributed by atoms with Crippen LogP contribution < -0.4 is 0 Å². The van der Waals surface area contributed by atoms with Gasteiger partial charge in [-0.25, -0.2) is 0 Å². The molecule has 1 aromatic rings. The number of ether oxygens (including phenoxy) is 2. The third-order valence-electron chi connectivity index (χ3n) is 2.80. The maximum atomic E-state index is 9.37. The van der Waals surface area contributed by atoms with E-state index in [0.29, 0.717) is 13.0 Å². The van der Waals surface area contributed by atoms with E-state index >= 15 is 0 Å². The summed E-state index contributed by atoms with van der Waals surface area (Å²) in [5.74, 6) is 0. The summed E-state index contributed by atoms with van der Waals surface area (Å²) in [5.41, 5.74) is 1.15. The first kappa shape index (κ1) is 10.6. The van der Waals surface area contributed by atoms with Crippen LogP contribution in [0.15, 0.2) is 30.3 Å². The minimum absolute atomic E-state index is 0.0326. The summed E-state index contributed by atoms with van der Waals surface area (Å²) in [6, 6.07) is 10.0. The standard InChI is InChI=1S/C12H16O3/c1-14-12-10(13)7-11(12)15-8-9-5-3-2-4-6-9/h2-6,10-13H,7-8H2,1H3. The van der Waals surface area contributed by atoms with Crippen molar-refractivity contribution in [2.45, 2.75) is 31.3 Å². The predicted molar refractivity (Wildman–Crippen MR) is 56.4 cm³/mol.